The molecule has 3 aliphatic heterocycles. The van der Waals surface area contributed by atoms with Gasteiger partial charge in [-0.05, 0) is 25.0 Å². The Balaban J connectivity index is 1.70. The summed E-state index contributed by atoms with van der Waals surface area (Å²) in [5.41, 5.74) is 1.50. The third kappa shape index (κ3) is 3.03. The first-order valence-electron chi connectivity index (χ1n) is 8.34. The summed E-state index contributed by atoms with van der Waals surface area (Å²) in [6.07, 6.45) is 0.960. The maximum atomic E-state index is 12.8. The molecular weight excluding hydrogens is 364 g/mol. The van der Waals surface area contributed by atoms with Crippen LogP contribution >= 0.6 is 0 Å². The lowest BCUT2D eigenvalue weighted by molar-refractivity contribution is -0.118. The zero-order valence-electron chi connectivity index (χ0n) is 13.7. The minimum atomic E-state index is -3.10. The minimum Gasteiger partial charge on any atom is -0.356 e. The van der Waals surface area contributed by atoms with Gasteiger partial charge in [0.15, 0.2) is 19.7 Å². The molecule has 3 heterocycles. The van der Waals surface area contributed by atoms with E-state index in [1.54, 1.807) is 4.90 Å². The van der Waals surface area contributed by atoms with E-state index in [0.717, 1.165) is 5.69 Å². The van der Waals surface area contributed by atoms with E-state index in [1.165, 1.54) is 0 Å². The average Bonchev–Trinajstić information content (AvgIpc) is 3.08. The highest BCUT2D eigenvalue weighted by molar-refractivity contribution is 7.92. The van der Waals surface area contributed by atoms with Crippen LogP contribution in [0.2, 0.25) is 0 Å². The number of benzene rings is 1. The predicted octanol–water partition coefficient (Wildman–Crippen LogP) is 0.214. The molecule has 4 rings (SSSR count). The number of fused-ring (bicyclic) bond motifs is 1. The summed E-state index contributed by atoms with van der Waals surface area (Å²) in [4.78, 5) is 16.3. The highest BCUT2D eigenvalue weighted by atomic mass is 32.2. The molecule has 1 amide bonds. The van der Waals surface area contributed by atoms with Gasteiger partial charge in [0.2, 0.25) is 5.91 Å². The third-order valence-corrected chi connectivity index (χ3v) is 8.75. The van der Waals surface area contributed by atoms with Gasteiger partial charge < -0.3 is 9.80 Å². The monoisotopic (exact) mass is 384 g/mol. The van der Waals surface area contributed by atoms with Gasteiger partial charge in [0, 0.05) is 6.04 Å². The van der Waals surface area contributed by atoms with E-state index in [-0.39, 0.29) is 47.5 Å². The van der Waals surface area contributed by atoms with Crippen LogP contribution < -0.4 is 9.80 Å². The number of rotatable bonds is 2. The summed E-state index contributed by atoms with van der Waals surface area (Å²) in [6, 6.07) is 6.82. The lowest BCUT2D eigenvalue weighted by atomic mass is 10.1. The fourth-order valence-corrected chi connectivity index (χ4v) is 7.51. The molecule has 2 saturated heterocycles. The second kappa shape index (κ2) is 5.70. The van der Waals surface area contributed by atoms with Crippen molar-refractivity contribution in [3.63, 3.8) is 0 Å². The number of sulfone groups is 2. The highest BCUT2D eigenvalue weighted by Crippen LogP contribution is 2.39. The molecule has 136 valence electrons. The van der Waals surface area contributed by atoms with E-state index >= 15 is 0 Å². The van der Waals surface area contributed by atoms with Crippen molar-refractivity contribution in [2.45, 2.75) is 24.9 Å². The fourth-order valence-electron chi connectivity index (χ4n) is 4.08. The maximum absolute atomic E-state index is 12.8. The van der Waals surface area contributed by atoms with Crippen LogP contribution in [0.25, 0.3) is 0 Å². The maximum Gasteiger partial charge on any atom is 0.246 e. The van der Waals surface area contributed by atoms with Crippen LogP contribution in [0.3, 0.4) is 0 Å². The van der Waals surface area contributed by atoms with Crippen molar-refractivity contribution in [1.29, 1.82) is 0 Å². The van der Waals surface area contributed by atoms with Crippen LogP contribution in [0.1, 0.15) is 12.8 Å². The van der Waals surface area contributed by atoms with E-state index in [1.807, 2.05) is 29.2 Å². The van der Waals surface area contributed by atoms with E-state index in [9.17, 15) is 21.6 Å². The van der Waals surface area contributed by atoms with Crippen LogP contribution in [-0.4, -0.2) is 64.4 Å². The lowest BCUT2D eigenvalue weighted by Crippen LogP contribution is -2.53. The zero-order chi connectivity index (χ0) is 17.8. The molecule has 25 heavy (non-hydrogen) atoms. The molecule has 7 nitrogen and oxygen atoms in total. The van der Waals surface area contributed by atoms with E-state index in [0.29, 0.717) is 18.5 Å². The number of hydrogen-bond acceptors (Lipinski definition) is 6. The number of para-hydroxylation sites is 2. The van der Waals surface area contributed by atoms with E-state index in [4.69, 9.17) is 0 Å². The van der Waals surface area contributed by atoms with Crippen molar-refractivity contribution in [2.24, 2.45) is 0 Å². The molecule has 0 aromatic heterocycles. The second-order valence-corrected chi connectivity index (χ2v) is 11.5. The fraction of sp³-hybridized carbons (Fsp3) is 0.562. The summed E-state index contributed by atoms with van der Waals surface area (Å²) in [6.45, 7) is 0.0910. The molecular formula is C16H20N2O5S2. The average molecular weight is 384 g/mol. The van der Waals surface area contributed by atoms with Crippen molar-refractivity contribution < 1.29 is 21.6 Å². The Bertz CT molecular complexity index is 926. The molecule has 1 aromatic carbocycles. The Hall–Kier alpha value is -1.61. The molecule has 2 atom stereocenters. The summed E-state index contributed by atoms with van der Waals surface area (Å²) < 4.78 is 47.3. The van der Waals surface area contributed by atoms with Crippen LogP contribution in [0.15, 0.2) is 24.3 Å². The van der Waals surface area contributed by atoms with E-state index < -0.39 is 19.7 Å². The van der Waals surface area contributed by atoms with Gasteiger partial charge in [0.25, 0.3) is 0 Å². The van der Waals surface area contributed by atoms with Crippen molar-refractivity contribution in [2.75, 3.05) is 39.4 Å². The number of carbonyl (C=O) groups is 1. The first-order chi connectivity index (χ1) is 11.8. The van der Waals surface area contributed by atoms with Crippen LogP contribution in [0.5, 0.6) is 0 Å². The summed E-state index contributed by atoms with van der Waals surface area (Å²) in [7, 11) is -6.16. The standard InChI is InChI=1S/C16H20N2O5S2/c19-16-9-17(12-5-7-24(20,21)10-12)14-3-1-2-4-15(14)18(16)13-6-8-25(22,23)11-13/h1-4,12-13H,5-11H2/t12-,13-/m1/s1. The Morgan fingerprint density at radius 1 is 0.840 bits per heavy atom. The molecule has 0 saturated carbocycles. The van der Waals surface area contributed by atoms with Gasteiger partial charge in [-0.3, -0.25) is 4.79 Å². The van der Waals surface area contributed by atoms with Gasteiger partial charge in [-0.25, -0.2) is 16.8 Å². The molecule has 0 bridgehead atoms. The Kier molecular flexibility index (Phi) is 3.84. The SMILES string of the molecule is O=C1CN([C@@H]2CCS(=O)(=O)C2)c2ccccc2N1[C@@H]1CCS(=O)(=O)C1. The molecule has 0 radical (unpaired) electrons. The molecule has 0 N–H and O–H groups in total. The van der Waals surface area contributed by atoms with Gasteiger partial charge in [-0.1, -0.05) is 12.1 Å². The Morgan fingerprint density at radius 3 is 1.96 bits per heavy atom. The van der Waals surface area contributed by atoms with Crippen molar-refractivity contribution in [3.05, 3.63) is 24.3 Å². The van der Waals surface area contributed by atoms with Crippen molar-refractivity contribution in [1.82, 2.24) is 0 Å². The first kappa shape index (κ1) is 16.8. The van der Waals surface area contributed by atoms with Gasteiger partial charge in [0.1, 0.15) is 0 Å². The highest BCUT2D eigenvalue weighted by Gasteiger charge is 2.42. The minimum absolute atomic E-state index is 0.00905. The van der Waals surface area contributed by atoms with Gasteiger partial charge in [0.05, 0.1) is 47.0 Å². The van der Waals surface area contributed by atoms with Gasteiger partial charge in [-0.2, -0.15) is 0 Å². The summed E-state index contributed by atoms with van der Waals surface area (Å²) in [5, 5.41) is 0. The predicted molar refractivity (Wildman–Crippen MR) is 95.4 cm³/mol. The lowest BCUT2D eigenvalue weighted by Gasteiger charge is -2.42. The smallest absolute Gasteiger partial charge is 0.246 e. The third-order valence-electron chi connectivity index (χ3n) is 5.25. The van der Waals surface area contributed by atoms with Crippen LogP contribution in [-0.2, 0) is 24.5 Å². The topological polar surface area (TPSA) is 91.8 Å². The number of hydrogen-bond donors (Lipinski definition) is 0. The molecule has 0 aliphatic carbocycles. The number of anilines is 2. The Labute approximate surface area is 147 Å². The molecule has 2 fully saturated rings. The van der Waals surface area contributed by atoms with Crippen LogP contribution in [0, 0.1) is 0 Å². The van der Waals surface area contributed by atoms with E-state index in [2.05, 4.69) is 0 Å². The Morgan fingerprint density at radius 2 is 1.40 bits per heavy atom. The quantitative estimate of drug-likeness (QED) is 0.724. The second-order valence-electron chi connectivity index (χ2n) is 6.99. The molecule has 0 spiro atoms. The van der Waals surface area contributed by atoms with Gasteiger partial charge >= 0.3 is 0 Å². The number of carbonyl (C=O) groups excluding carboxylic acids is 1. The largest absolute Gasteiger partial charge is 0.356 e. The molecule has 3 aliphatic rings. The van der Waals surface area contributed by atoms with Crippen molar-refractivity contribution >= 4 is 37.0 Å². The number of amides is 1. The van der Waals surface area contributed by atoms with Crippen LogP contribution in [0.4, 0.5) is 11.4 Å². The molecule has 1 aromatic rings. The first-order valence-corrected chi connectivity index (χ1v) is 12.0. The summed E-state index contributed by atoms with van der Waals surface area (Å²) in [5.74, 6) is 0.144. The zero-order valence-corrected chi connectivity index (χ0v) is 15.3. The van der Waals surface area contributed by atoms with Crippen molar-refractivity contribution in [3.8, 4) is 0 Å². The van der Waals surface area contributed by atoms with Gasteiger partial charge in [-0.15, -0.1) is 0 Å². The molecule has 9 heteroatoms. The normalized spacial score (nSPS) is 30.5. The number of nitrogens with zero attached hydrogens (tertiary/aromatic N) is 2. The summed E-state index contributed by atoms with van der Waals surface area (Å²) >= 11 is 0. The molecule has 0 unspecified atom stereocenters.